The lowest BCUT2D eigenvalue weighted by Gasteiger charge is -2.13. The van der Waals surface area contributed by atoms with Gasteiger partial charge in [-0.1, -0.05) is 78.0 Å². The number of fused-ring (bicyclic) bond motifs is 1. The standard InChI is InChI=1S/C30H28N6O2S/c1-20-12-15-23(16-13-20)31-19-28-33-35-30(36(28)24-9-4-3-5-10-24)39-21(2)29(38)34-32-18-26-25-11-7-6-8-22(25)14-17-27(26)37/h3-18,21,31,37H,19H2,1-2H3,(H,34,38)/b32-18-/t21-/m1/s1. The highest BCUT2D eigenvalue weighted by molar-refractivity contribution is 8.00. The van der Waals surface area contributed by atoms with E-state index in [4.69, 9.17) is 0 Å². The quantitative estimate of drug-likeness (QED) is 0.127. The third kappa shape index (κ3) is 6.10. The number of nitrogens with one attached hydrogen (secondary N) is 2. The number of amides is 1. The number of anilines is 1. The van der Waals surface area contributed by atoms with Crippen LogP contribution in [0, 0.1) is 6.92 Å². The Morgan fingerprint density at radius 3 is 2.54 bits per heavy atom. The van der Waals surface area contributed by atoms with E-state index in [2.05, 4.69) is 45.1 Å². The van der Waals surface area contributed by atoms with Crippen LogP contribution in [-0.4, -0.2) is 37.2 Å². The molecule has 3 N–H and O–H groups in total. The van der Waals surface area contributed by atoms with Crippen LogP contribution >= 0.6 is 11.8 Å². The number of nitrogens with zero attached hydrogens (tertiary/aromatic N) is 4. The molecule has 0 fully saturated rings. The number of rotatable bonds is 9. The Morgan fingerprint density at radius 1 is 1.00 bits per heavy atom. The first-order valence-electron chi connectivity index (χ1n) is 12.5. The van der Waals surface area contributed by atoms with E-state index < -0.39 is 5.25 Å². The highest BCUT2D eigenvalue weighted by Gasteiger charge is 2.21. The van der Waals surface area contributed by atoms with E-state index in [0.717, 1.165) is 28.0 Å². The fraction of sp³-hybridized carbons (Fsp3) is 0.133. The Labute approximate surface area is 230 Å². The first-order chi connectivity index (χ1) is 19.0. The van der Waals surface area contributed by atoms with Gasteiger partial charge in [-0.15, -0.1) is 10.2 Å². The van der Waals surface area contributed by atoms with Crippen molar-refractivity contribution in [2.45, 2.75) is 30.8 Å². The second-order valence-electron chi connectivity index (χ2n) is 9.00. The summed E-state index contributed by atoms with van der Waals surface area (Å²) in [6.07, 6.45) is 1.47. The Kier molecular flexibility index (Phi) is 7.88. The number of aromatic hydroxyl groups is 1. The van der Waals surface area contributed by atoms with Gasteiger partial charge in [-0.05, 0) is 55.0 Å². The predicted molar refractivity (Wildman–Crippen MR) is 157 cm³/mol. The molecule has 1 amide bonds. The summed E-state index contributed by atoms with van der Waals surface area (Å²) in [4.78, 5) is 12.9. The van der Waals surface area contributed by atoms with Crippen LogP contribution in [0.25, 0.3) is 16.5 Å². The van der Waals surface area contributed by atoms with Crippen LogP contribution < -0.4 is 10.7 Å². The molecule has 1 atom stereocenters. The van der Waals surface area contributed by atoms with Gasteiger partial charge in [0, 0.05) is 16.9 Å². The maximum atomic E-state index is 12.9. The highest BCUT2D eigenvalue weighted by Crippen LogP contribution is 2.27. The summed E-state index contributed by atoms with van der Waals surface area (Å²) in [5.41, 5.74) is 6.22. The van der Waals surface area contributed by atoms with Crippen molar-refractivity contribution >= 4 is 40.3 Å². The van der Waals surface area contributed by atoms with E-state index >= 15 is 0 Å². The zero-order chi connectivity index (χ0) is 27.2. The number of aryl methyl sites for hydroxylation is 1. The minimum Gasteiger partial charge on any atom is -0.507 e. The highest BCUT2D eigenvalue weighted by atomic mass is 32.2. The molecule has 0 aliphatic heterocycles. The van der Waals surface area contributed by atoms with Crippen LogP contribution in [0.4, 0.5) is 5.69 Å². The van der Waals surface area contributed by atoms with E-state index in [1.165, 1.54) is 23.5 Å². The van der Waals surface area contributed by atoms with Gasteiger partial charge in [0.05, 0.1) is 18.0 Å². The van der Waals surface area contributed by atoms with Gasteiger partial charge in [0.25, 0.3) is 5.91 Å². The lowest BCUT2D eigenvalue weighted by atomic mass is 10.0. The number of para-hydroxylation sites is 1. The second kappa shape index (κ2) is 11.8. The molecule has 0 unspecified atom stereocenters. The van der Waals surface area contributed by atoms with E-state index in [1.807, 2.05) is 77.4 Å². The first kappa shape index (κ1) is 26.0. The second-order valence-corrected chi connectivity index (χ2v) is 10.3. The molecular formula is C30H28N6O2S. The van der Waals surface area contributed by atoms with E-state index in [0.29, 0.717) is 17.3 Å². The van der Waals surface area contributed by atoms with Crippen LogP contribution in [-0.2, 0) is 11.3 Å². The minimum atomic E-state index is -0.507. The summed E-state index contributed by atoms with van der Waals surface area (Å²) >= 11 is 1.30. The number of phenols is 1. The summed E-state index contributed by atoms with van der Waals surface area (Å²) in [5.74, 6) is 0.524. The summed E-state index contributed by atoms with van der Waals surface area (Å²) in [7, 11) is 0. The number of benzene rings is 4. The van der Waals surface area contributed by atoms with Crippen LogP contribution in [0.2, 0.25) is 0 Å². The van der Waals surface area contributed by atoms with Crippen molar-refractivity contribution in [2.75, 3.05) is 5.32 Å². The van der Waals surface area contributed by atoms with Gasteiger partial charge in [0.1, 0.15) is 5.75 Å². The molecule has 0 saturated carbocycles. The number of phenolic OH excluding ortho intramolecular Hbond substituents is 1. The molecule has 0 saturated heterocycles. The molecule has 5 rings (SSSR count). The Hall–Kier alpha value is -4.63. The number of aromatic nitrogens is 3. The fourth-order valence-corrected chi connectivity index (χ4v) is 4.94. The summed E-state index contributed by atoms with van der Waals surface area (Å²) < 4.78 is 1.95. The Balaban J connectivity index is 1.30. The zero-order valence-corrected chi connectivity index (χ0v) is 22.4. The molecule has 0 aliphatic rings. The number of carbonyl (C=O) groups excluding carboxylic acids is 1. The largest absolute Gasteiger partial charge is 0.507 e. The number of hydrogen-bond donors (Lipinski definition) is 3. The molecule has 5 aromatic rings. The van der Waals surface area contributed by atoms with Crippen molar-refractivity contribution in [3.8, 4) is 11.4 Å². The monoisotopic (exact) mass is 536 g/mol. The third-order valence-corrected chi connectivity index (χ3v) is 7.23. The van der Waals surface area contributed by atoms with Gasteiger partial charge < -0.3 is 10.4 Å². The average Bonchev–Trinajstić information content (AvgIpc) is 3.36. The molecular weight excluding hydrogens is 508 g/mol. The molecule has 8 nitrogen and oxygen atoms in total. The minimum absolute atomic E-state index is 0.0943. The maximum Gasteiger partial charge on any atom is 0.253 e. The van der Waals surface area contributed by atoms with Crippen molar-refractivity contribution in [3.05, 3.63) is 108 Å². The number of carbonyl (C=O) groups is 1. The van der Waals surface area contributed by atoms with Crippen molar-refractivity contribution in [1.82, 2.24) is 20.2 Å². The molecule has 9 heteroatoms. The topological polar surface area (TPSA) is 104 Å². The van der Waals surface area contributed by atoms with E-state index in [-0.39, 0.29) is 11.7 Å². The van der Waals surface area contributed by atoms with E-state index in [1.54, 1.807) is 13.0 Å². The van der Waals surface area contributed by atoms with Crippen LogP contribution in [0.3, 0.4) is 0 Å². The smallest absolute Gasteiger partial charge is 0.253 e. The van der Waals surface area contributed by atoms with Crippen molar-refractivity contribution in [3.63, 3.8) is 0 Å². The summed E-state index contributed by atoms with van der Waals surface area (Å²) in [6, 6.07) is 29.1. The van der Waals surface area contributed by atoms with Crippen molar-refractivity contribution in [2.24, 2.45) is 5.10 Å². The number of hydrazone groups is 1. The number of thioether (sulfide) groups is 1. The van der Waals surface area contributed by atoms with Crippen LogP contribution in [0.5, 0.6) is 5.75 Å². The molecule has 0 bridgehead atoms. The van der Waals surface area contributed by atoms with Gasteiger partial charge in [-0.25, -0.2) is 5.43 Å². The molecule has 0 radical (unpaired) electrons. The average molecular weight is 537 g/mol. The van der Waals surface area contributed by atoms with Gasteiger partial charge in [0.2, 0.25) is 0 Å². The number of hydrogen-bond acceptors (Lipinski definition) is 7. The van der Waals surface area contributed by atoms with E-state index in [9.17, 15) is 9.90 Å². The fourth-order valence-electron chi connectivity index (χ4n) is 4.06. The van der Waals surface area contributed by atoms with Gasteiger partial charge >= 0.3 is 0 Å². The molecule has 0 spiro atoms. The molecule has 1 heterocycles. The van der Waals surface area contributed by atoms with Gasteiger partial charge in [-0.3, -0.25) is 9.36 Å². The summed E-state index contributed by atoms with van der Waals surface area (Å²) in [5, 5.41) is 28.6. The van der Waals surface area contributed by atoms with Crippen LogP contribution in [0.15, 0.2) is 101 Å². The Morgan fingerprint density at radius 2 is 1.74 bits per heavy atom. The lowest BCUT2D eigenvalue weighted by molar-refractivity contribution is -0.120. The van der Waals surface area contributed by atoms with Gasteiger partial charge in [0.15, 0.2) is 11.0 Å². The third-order valence-electron chi connectivity index (χ3n) is 6.18. The SMILES string of the molecule is Cc1ccc(NCc2nnc(S[C@H](C)C(=O)N/N=C\c3c(O)ccc4ccccc34)n2-c2ccccc2)cc1. The first-order valence-corrected chi connectivity index (χ1v) is 13.4. The van der Waals surface area contributed by atoms with Crippen molar-refractivity contribution < 1.29 is 9.90 Å². The maximum absolute atomic E-state index is 12.9. The molecule has 0 aliphatic carbocycles. The Bertz CT molecular complexity index is 1620. The lowest BCUT2D eigenvalue weighted by Crippen LogP contribution is -2.27. The predicted octanol–water partition coefficient (Wildman–Crippen LogP) is 5.68. The molecule has 4 aromatic carbocycles. The van der Waals surface area contributed by atoms with Crippen LogP contribution in [0.1, 0.15) is 23.9 Å². The van der Waals surface area contributed by atoms with Gasteiger partial charge in [-0.2, -0.15) is 5.10 Å². The summed E-state index contributed by atoms with van der Waals surface area (Å²) in [6.45, 7) is 4.31. The molecule has 39 heavy (non-hydrogen) atoms. The van der Waals surface area contributed by atoms with Crippen molar-refractivity contribution in [1.29, 1.82) is 0 Å². The zero-order valence-electron chi connectivity index (χ0n) is 21.6. The molecule has 1 aromatic heterocycles. The molecule has 196 valence electrons. The normalized spacial score (nSPS) is 12.1.